The van der Waals surface area contributed by atoms with Gasteiger partial charge < -0.3 is 9.74 Å². The van der Waals surface area contributed by atoms with E-state index in [1.54, 1.807) is 6.20 Å². The van der Waals surface area contributed by atoms with Crippen molar-refractivity contribution >= 4 is 38.3 Å². The van der Waals surface area contributed by atoms with Gasteiger partial charge in [0.05, 0.1) is 5.71 Å². The summed E-state index contributed by atoms with van der Waals surface area (Å²) in [6, 6.07) is 18.3. The molecule has 194 valence electrons. The summed E-state index contributed by atoms with van der Waals surface area (Å²) >= 11 is 3.53. The van der Waals surface area contributed by atoms with Crippen LogP contribution in [0.1, 0.15) is 55.6 Å². The molecule has 0 radical (unpaired) electrons. The van der Waals surface area contributed by atoms with Crippen molar-refractivity contribution in [3.63, 3.8) is 0 Å². The molecule has 2 fully saturated rings. The number of halogens is 1. The summed E-state index contributed by atoms with van der Waals surface area (Å²) in [5.74, 6) is 0.422. The van der Waals surface area contributed by atoms with Gasteiger partial charge in [0.25, 0.3) is 5.91 Å². The van der Waals surface area contributed by atoms with E-state index in [-0.39, 0.29) is 11.4 Å². The van der Waals surface area contributed by atoms with Gasteiger partial charge in [-0.2, -0.15) is 0 Å². The fraction of sp³-hybridized carbons (Fsp3) is 0.433. The minimum atomic E-state index is 0.0396. The number of piperidine rings is 2. The normalized spacial score (nSPS) is 19.2. The number of amides is 1. The fourth-order valence-corrected chi connectivity index (χ4v) is 5.95. The van der Waals surface area contributed by atoms with E-state index in [2.05, 4.69) is 62.2 Å². The van der Waals surface area contributed by atoms with Crippen LogP contribution in [0.25, 0.3) is 10.8 Å². The van der Waals surface area contributed by atoms with E-state index in [4.69, 9.17) is 4.84 Å². The Hall–Kier alpha value is -2.77. The summed E-state index contributed by atoms with van der Waals surface area (Å²) in [6.07, 6.45) is 5.87. The van der Waals surface area contributed by atoms with Gasteiger partial charge in [-0.25, -0.2) is 0 Å². The molecule has 3 heterocycles. The Morgan fingerprint density at radius 1 is 1.05 bits per heavy atom. The monoisotopic (exact) mass is 562 g/mol. The standard InChI is InChI=1S/C30H35BrN4O2/c1-3-37-33-28(22-8-10-26(31)11-9-22)23-12-16-35(17-13-23)30(2)14-18-34(19-15-30)29(36)27-20-24-6-4-5-7-25(24)21-32-27/h4-11,20-21,23H,3,12-19H2,1-2H3. The van der Waals surface area contributed by atoms with Gasteiger partial charge >= 0.3 is 0 Å². The summed E-state index contributed by atoms with van der Waals surface area (Å²) in [5.41, 5.74) is 2.84. The zero-order valence-electron chi connectivity index (χ0n) is 21.7. The van der Waals surface area contributed by atoms with Crippen molar-refractivity contribution in [2.45, 2.75) is 45.1 Å². The van der Waals surface area contributed by atoms with Crippen LogP contribution in [-0.4, -0.2) is 64.7 Å². The number of carbonyl (C=O) groups is 1. The first kappa shape index (κ1) is 25.9. The Kier molecular flexibility index (Phi) is 7.91. The quantitative estimate of drug-likeness (QED) is 0.267. The summed E-state index contributed by atoms with van der Waals surface area (Å²) in [7, 11) is 0. The molecule has 2 aromatic carbocycles. The maximum absolute atomic E-state index is 13.2. The number of benzene rings is 2. The van der Waals surface area contributed by atoms with Gasteiger partial charge in [0.15, 0.2) is 0 Å². The number of aromatic nitrogens is 1. The molecule has 2 aliphatic rings. The summed E-state index contributed by atoms with van der Waals surface area (Å²) < 4.78 is 1.07. The van der Waals surface area contributed by atoms with Crippen molar-refractivity contribution < 1.29 is 9.63 Å². The fourth-order valence-electron chi connectivity index (χ4n) is 5.68. The Morgan fingerprint density at radius 2 is 1.73 bits per heavy atom. The maximum Gasteiger partial charge on any atom is 0.272 e. The predicted octanol–water partition coefficient (Wildman–Crippen LogP) is 6.14. The van der Waals surface area contributed by atoms with Crippen LogP contribution in [-0.2, 0) is 4.84 Å². The molecule has 0 atom stereocenters. The third-order valence-corrected chi connectivity index (χ3v) is 8.58. The number of hydrogen-bond acceptors (Lipinski definition) is 5. The third-order valence-electron chi connectivity index (χ3n) is 8.05. The number of oxime groups is 1. The van der Waals surface area contributed by atoms with Crippen LogP contribution in [0.15, 0.2) is 70.4 Å². The van der Waals surface area contributed by atoms with Crippen LogP contribution < -0.4 is 0 Å². The van der Waals surface area contributed by atoms with Gasteiger partial charge in [-0.05, 0) is 81.8 Å². The molecule has 0 bridgehead atoms. The average molecular weight is 564 g/mol. The summed E-state index contributed by atoms with van der Waals surface area (Å²) in [4.78, 5) is 27.8. The Labute approximate surface area is 227 Å². The second kappa shape index (κ2) is 11.3. The SMILES string of the molecule is CCON=C(c1ccc(Br)cc1)C1CCN(C2(C)CCN(C(=O)c3cc4ccccc4cn3)CC2)CC1. The second-order valence-corrected chi connectivity index (χ2v) is 11.3. The molecule has 7 heteroatoms. The van der Waals surface area contributed by atoms with Gasteiger partial charge in [0.1, 0.15) is 12.3 Å². The van der Waals surface area contributed by atoms with Crippen LogP contribution >= 0.6 is 15.9 Å². The zero-order chi connectivity index (χ0) is 25.8. The lowest BCUT2D eigenvalue weighted by Crippen LogP contribution is -2.56. The molecule has 37 heavy (non-hydrogen) atoms. The molecule has 0 spiro atoms. The lowest BCUT2D eigenvalue weighted by molar-refractivity contribution is 0.0159. The van der Waals surface area contributed by atoms with Crippen LogP contribution in [0, 0.1) is 5.92 Å². The first-order valence-electron chi connectivity index (χ1n) is 13.3. The van der Waals surface area contributed by atoms with Crippen molar-refractivity contribution in [1.29, 1.82) is 0 Å². The lowest BCUT2D eigenvalue weighted by atomic mass is 9.82. The Bertz CT molecular complexity index is 1260. The van der Waals surface area contributed by atoms with E-state index in [0.717, 1.165) is 78.4 Å². The number of likely N-dealkylation sites (tertiary alicyclic amines) is 2. The number of nitrogens with zero attached hydrogens (tertiary/aromatic N) is 4. The topological polar surface area (TPSA) is 58.0 Å². The number of hydrogen-bond donors (Lipinski definition) is 0. The van der Waals surface area contributed by atoms with Crippen LogP contribution in [0.2, 0.25) is 0 Å². The number of pyridine rings is 1. The third kappa shape index (κ3) is 5.73. The van der Waals surface area contributed by atoms with Crippen molar-refractivity contribution in [1.82, 2.24) is 14.8 Å². The molecule has 0 N–H and O–H groups in total. The molecule has 0 aliphatic carbocycles. The molecule has 5 rings (SSSR count). The molecular formula is C30H35BrN4O2. The Morgan fingerprint density at radius 3 is 2.41 bits per heavy atom. The number of fused-ring (bicyclic) bond motifs is 1. The van der Waals surface area contributed by atoms with Crippen LogP contribution in [0.5, 0.6) is 0 Å². The molecule has 0 unspecified atom stereocenters. The minimum Gasteiger partial charge on any atom is -0.396 e. The van der Waals surface area contributed by atoms with Crippen LogP contribution in [0.3, 0.4) is 0 Å². The molecule has 3 aromatic rings. The molecule has 0 saturated carbocycles. The molecular weight excluding hydrogens is 528 g/mol. The highest BCUT2D eigenvalue weighted by atomic mass is 79.9. The van der Waals surface area contributed by atoms with E-state index in [0.29, 0.717) is 18.2 Å². The van der Waals surface area contributed by atoms with E-state index in [9.17, 15) is 4.79 Å². The zero-order valence-corrected chi connectivity index (χ0v) is 23.3. The van der Waals surface area contributed by atoms with Gasteiger partial charge in [-0.3, -0.25) is 14.7 Å². The summed E-state index contributed by atoms with van der Waals surface area (Å²) in [6.45, 7) is 8.50. The largest absolute Gasteiger partial charge is 0.396 e. The summed E-state index contributed by atoms with van der Waals surface area (Å²) in [5, 5.41) is 6.65. The number of carbonyl (C=O) groups excluding carboxylic acids is 1. The minimum absolute atomic E-state index is 0.0396. The first-order chi connectivity index (χ1) is 18.0. The van der Waals surface area contributed by atoms with E-state index in [1.165, 1.54) is 0 Å². The maximum atomic E-state index is 13.2. The molecule has 1 aromatic heterocycles. The van der Waals surface area contributed by atoms with Gasteiger partial charge in [-0.1, -0.05) is 57.5 Å². The van der Waals surface area contributed by atoms with Crippen LogP contribution in [0.4, 0.5) is 0 Å². The molecule has 1 amide bonds. The Balaban J connectivity index is 1.20. The van der Waals surface area contributed by atoms with E-state index >= 15 is 0 Å². The van der Waals surface area contributed by atoms with E-state index in [1.807, 2.05) is 42.2 Å². The van der Waals surface area contributed by atoms with Gasteiger partial charge in [0.2, 0.25) is 0 Å². The molecule has 6 nitrogen and oxygen atoms in total. The highest BCUT2D eigenvalue weighted by Crippen LogP contribution is 2.34. The van der Waals surface area contributed by atoms with Crippen molar-refractivity contribution in [3.05, 3.63) is 76.5 Å². The highest BCUT2D eigenvalue weighted by molar-refractivity contribution is 9.10. The smallest absolute Gasteiger partial charge is 0.272 e. The van der Waals surface area contributed by atoms with E-state index < -0.39 is 0 Å². The van der Waals surface area contributed by atoms with Gasteiger partial charge in [-0.15, -0.1) is 0 Å². The predicted molar refractivity (Wildman–Crippen MR) is 152 cm³/mol. The first-order valence-corrected chi connectivity index (χ1v) is 14.1. The second-order valence-electron chi connectivity index (χ2n) is 10.4. The van der Waals surface area contributed by atoms with Crippen molar-refractivity contribution in [2.24, 2.45) is 11.1 Å². The average Bonchev–Trinajstić information content (AvgIpc) is 2.94. The lowest BCUT2D eigenvalue weighted by Gasteiger charge is -2.49. The van der Waals surface area contributed by atoms with Crippen molar-refractivity contribution in [3.8, 4) is 0 Å². The highest BCUT2D eigenvalue weighted by Gasteiger charge is 2.39. The number of rotatable bonds is 6. The van der Waals surface area contributed by atoms with Gasteiger partial charge in [0, 0.05) is 40.6 Å². The molecule has 2 aliphatic heterocycles. The molecule has 2 saturated heterocycles. The van der Waals surface area contributed by atoms with Crippen molar-refractivity contribution in [2.75, 3.05) is 32.8 Å².